The van der Waals surface area contributed by atoms with Crippen LogP contribution in [-0.4, -0.2) is 86.7 Å². The predicted octanol–water partition coefficient (Wildman–Crippen LogP) is 11.8. The van der Waals surface area contributed by atoms with E-state index in [0.717, 1.165) is 62.5 Å². The highest BCUT2D eigenvalue weighted by Crippen LogP contribution is 2.19. The van der Waals surface area contributed by atoms with Crippen LogP contribution in [0.1, 0.15) is 118 Å². The predicted molar refractivity (Wildman–Crippen MR) is 279 cm³/mol. The zero-order chi connectivity index (χ0) is 52.8. The molecule has 0 heterocycles. The fraction of sp³-hybridized carbons (Fsp3) is 0.333. The molecule has 15 heteroatoms. The molecule has 0 aliphatic rings. The van der Waals surface area contributed by atoms with Crippen LogP contribution in [0.25, 0.3) is 12.2 Å². The van der Waals surface area contributed by atoms with Crippen LogP contribution in [0, 0.1) is 0 Å². The molecule has 0 aliphatic heterocycles. The van der Waals surface area contributed by atoms with Crippen molar-refractivity contribution in [3.05, 3.63) is 156 Å². The zero-order valence-corrected chi connectivity index (χ0v) is 41.6. The summed E-state index contributed by atoms with van der Waals surface area (Å²) >= 11 is 0. The summed E-state index contributed by atoms with van der Waals surface area (Å²) in [5.74, 6) is -1.00. The highest BCUT2D eigenvalue weighted by atomic mass is 16.5. The second-order valence-corrected chi connectivity index (χ2v) is 15.0. The molecule has 4 aromatic rings. The molecule has 0 aromatic heterocycles. The van der Waals surface area contributed by atoms with Gasteiger partial charge in [-0.2, -0.15) is 0 Å². The first-order valence-electron chi connectivity index (χ1n) is 23.1. The molecule has 2 N–H and O–H groups in total. The number of methoxy groups -OCH3 is 2. The Labute approximate surface area is 424 Å². The number of hydrogen-bond acceptors (Lipinski definition) is 14. The summed E-state index contributed by atoms with van der Waals surface area (Å²) < 4.78 is 35.6. The number of rotatable bonds is 25. The Hall–Kier alpha value is -7.94. The molecule has 0 unspecified atom stereocenters. The number of aromatic hydroxyl groups is 1. The van der Waals surface area contributed by atoms with Crippen molar-refractivity contribution in [1.82, 2.24) is 0 Å². The maximum Gasteiger partial charge on any atom is 0.343 e. The zero-order valence-electron chi connectivity index (χ0n) is 41.6. The first kappa shape index (κ1) is 64.1. The van der Waals surface area contributed by atoms with E-state index in [9.17, 15) is 28.8 Å². The maximum atomic E-state index is 12.4. The normalized spacial score (nSPS) is 9.97. The van der Waals surface area contributed by atoms with Gasteiger partial charge in [-0.05, 0) is 161 Å². The lowest BCUT2D eigenvalue weighted by Gasteiger charge is -2.08. The van der Waals surface area contributed by atoms with Crippen molar-refractivity contribution in [2.24, 2.45) is 0 Å². The summed E-state index contributed by atoms with van der Waals surface area (Å²) in [5, 5.41) is 17.7. The topological polar surface area (TPSA) is 207 Å². The molecule has 0 saturated carbocycles. The quantitative estimate of drug-likeness (QED) is 0.0208. The summed E-state index contributed by atoms with van der Waals surface area (Å²) in [6, 6.07) is 26.4. The van der Waals surface area contributed by atoms with Crippen LogP contribution >= 0.6 is 0 Å². The summed E-state index contributed by atoms with van der Waals surface area (Å²) in [5.41, 5.74) is 3.10. The molecule has 0 bridgehead atoms. The molecular formula is C57H72O15. The van der Waals surface area contributed by atoms with Crippen LogP contribution in [0.2, 0.25) is 0 Å². The summed E-state index contributed by atoms with van der Waals surface area (Å²) in [6.07, 6.45) is 13.1. The smallest absolute Gasteiger partial charge is 0.343 e. The molecule has 72 heavy (non-hydrogen) atoms. The third kappa shape index (κ3) is 29.8. The van der Waals surface area contributed by atoms with Crippen molar-refractivity contribution in [1.29, 1.82) is 0 Å². The molecule has 4 rings (SSSR count). The molecule has 0 saturated heterocycles. The minimum atomic E-state index is -0.945. The molecule has 4 aromatic carbocycles. The monoisotopic (exact) mass is 996 g/mol. The SMILES string of the molecule is C.C=C(C)C(=O)OCCCCCCOc1ccc(C(=O)O)cc1.C=C(C)C(=O)OCCCCCCOc1ccc(C(=O)Oc2ccc(/C=C/C(=O)OC)cc2)cc1.CC.COC(=O)/C=C/c1ccc(O)cc1. The van der Waals surface area contributed by atoms with Crippen LogP contribution in [0.15, 0.2) is 134 Å². The Balaban J connectivity index is 0.00000113. The van der Waals surface area contributed by atoms with Gasteiger partial charge in [0.2, 0.25) is 0 Å². The number of aromatic carboxylic acids is 1. The van der Waals surface area contributed by atoms with Crippen molar-refractivity contribution in [2.75, 3.05) is 40.6 Å². The maximum absolute atomic E-state index is 12.4. The van der Waals surface area contributed by atoms with Gasteiger partial charge in [0.05, 0.1) is 51.8 Å². The highest BCUT2D eigenvalue weighted by molar-refractivity contribution is 5.91. The Morgan fingerprint density at radius 1 is 0.500 bits per heavy atom. The van der Waals surface area contributed by atoms with E-state index < -0.39 is 23.9 Å². The number of carboxylic acid groups (broad SMARTS) is 1. The first-order chi connectivity index (χ1) is 34.1. The van der Waals surface area contributed by atoms with Crippen LogP contribution in [0.3, 0.4) is 0 Å². The number of benzene rings is 4. The van der Waals surface area contributed by atoms with Crippen molar-refractivity contribution in [3.63, 3.8) is 0 Å². The van der Waals surface area contributed by atoms with Gasteiger partial charge in [0, 0.05) is 23.3 Å². The number of unbranched alkanes of at least 4 members (excludes halogenated alkanes) is 6. The van der Waals surface area contributed by atoms with Gasteiger partial charge in [-0.1, -0.05) is 58.7 Å². The number of phenols is 1. The van der Waals surface area contributed by atoms with E-state index in [2.05, 4.69) is 22.6 Å². The number of carboxylic acids is 1. The van der Waals surface area contributed by atoms with Crippen LogP contribution in [0.4, 0.5) is 0 Å². The van der Waals surface area contributed by atoms with Gasteiger partial charge in [-0.15, -0.1) is 0 Å². The van der Waals surface area contributed by atoms with Crippen LogP contribution in [0.5, 0.6) is 23.0 Å². The van der Waals surface area contributed by atoms with Crippen molar-refractivity contribution < 1.29 is 72.1 Å². The van der Waals surface area contributed by atoms with E-state index in [-0.39, 0.29) is 30.7 Å². The molecule has 390 valence electrons. The molecule has 0 atom stereocenters. The summed E-state index contributed by atoms with van der Waals surface area (Å²) in [6.45, 7) is 16.3. The van der Waals surface area contributed by atoms with E-state index in [1.54, 1.807) is 111 Å². The number of carbonyl (C=O) groups is 6. The molecule has 0 spiro atoms. The van der Waals surface area contributed by atoms with Gasteiger partial charge < -0.3 is 43.4 Å². The lowest BCUT2D eigenvalue weighted by molar-refractivity contribution is -0.139. The van der Waals surface area contributed by atoms with Gasteiger partial charge in [0.15, 0.2) is 0 Å². The Morgan fingerprint density at radius 3 is 1.21 bits per heavy atom. The standard InChI is InChI=1S/C27H30O7.C17H22O5.C10H10O3.C2H6.CH4/c1-20(2)26(29)33-19-7-5-4-6-18-32-23-15-11-22(12-16-23)27(30)34-24-13-8-21(9-14-24)10-17-25(28)31-3;1-13(2)17(20)22-12-6-4-3-5-11-21-15-9-7-14(8-10-15)16(18)19;1-13-10(12)7-4-8-2-5-9(11)6-3-8;1-2;/h8-17H,1,4-7,18-19H2,2-3H3;7-10H,1,3-6,11-12H2,2H3,(H,18,19);2-7,11H,1H3;1-2H3;1H4/b17-10+;;7-4+;;. The molecule has 0 fully saturated rings. The third-order valence-electron chi connectivity index (χ3n) is 9.18. The molecule has 0 radical (unpaired) electrons. The lowest BCUT2D eigenvalue weighted by Crippen LogP contribution is -2.08. The van der Waals surface area contributed by atoms with Crippen molar-refractivity contribution >= 4 is 48.0 Å². The summed E-state index contributed by atoms with van der Waals surface area (Å²) in [7, 11) is 2.63. The lowest BCUT2D eigenvalue weighted by atomic mass is 10.2. The van der Waals surface area contributed by atoms with E-state index in [0.29, 0.717) is 60.4 Å². The highest BCUT2D eigenvalue weighted by Gasteiger charge is 2.10. The molecule has 0 aliphatic carbocycles. The van der Waals surface area contributed by atoms with Crippen molar-refractivity contribution in [3.8, 4) is 23.0 Å². The second-order valence-electron chi connectivity index (χ2n) is 15.0. The Kier molecular flexibility index (Phi) is 34.6. The second kappa shape index (κ2) is 38.9. The van der Waals surface area contributed by atoms with Gasteiger partial charge in [0.25, 0.3) is 0 Å². The minimum Gasteiger partial charge on any atom is -0.508 e. The first-order valence-corrected chi connectivity index (χ1v) is 23.1. The summed E-state index contributed by atoms with van der Waals surface area (Å²) in [4.78, 5) is 67.3. The van der Waals surface area contributed by atoms with Crippen LogP contribution in [-0.2, 0) is 38.1 Å². The van der Waals surface area contributed by atoms with E-state index in [4.69, 9.17) is 33.9 Å². The molecule has 15 nitrogen and oxygen atoms in total. The average molecular weight is 997 g/mol. The number of phenolic OH excluding ortho intramolecular Hbond substituents is 1. The number of esters is 5. The Morgan fingerprint density at radius 2 is 0.847 bits per heavy atom. The minimum absolute atomic E-state index is 0. The van der Waals surface area contributed by atoms with Gasteiger partial charge in [-0.3, -0.25) is 0 Å². The van der Waals surface area contributed by atoms with Crippen LogP contribution < -0.4 is 14.2 Å². The van der Waals surface area contributed by atoms with Gasteiger partial charge in [0.1, 0.15) is 23.0 Å². The van der Waals surface area contributed by atoms with Gasteiger partial charge in [-0.25, -0.2) is 28.8 Å². The van der Waals surface area contributed by atoms with E-state index in [1.165, 1.54) is 38.5 Å². The van der Waals surface area contributed by atoms with E-state index in [1.807, 2.05) is 13.8 Å². The number of carbonyl (C=O) groups excluding carboxylic acids is 5. The largest absolute Gasteiger partial charge is 0.508 e. The number of ether oxygens (including phenoxy) is 7. The number of hydrogen-bond donors (Lipinski definition) is 2. The van der Waals surface area contributed by atoms with Gasteiger partial charge >= 0.3 is 35.8 Å². The van der Waals surface area contributed by atoms with E-state index >= 15 is 0 Å². The fourth-order valence-electron chi connectivity index (χ4n) is 5.32. The third-order valence-corrected chi connectivity index (χ3v) is 9.18. The molecule has 0 amide bonds. The fourth-order valence-corrected chi connectivity index (χ4v) is 5.32. The average Bonchev–Trinajstić information content (AvgIpc) is 3.38. The Bertz CT molecular complexity index is 2290. The molecular weight excluding hydrogens is 925 g/mol. The van der Waals surface area contributed by atoms with Crippen molar-refractivity contribution in [2.45, 2.75) is 86.5 Å².